The molecule has 30 heavy (non-hydrogen) atoms. The van der Waals surface area contributed by atoms with E-state index in [9.17, 15) is 22.8 Å². The van der Waals surface area contributed by atoms with Gasteiger partial charge in [0.15, 0.2) is 4.21 Å². The molecule has 0 atom stereocenters. The molecule has 0 radical (unpaired) electrons. The van der Waals surface area contributed by atoms with Crippen LogP contribution in [0.1, 0.15) is 28.9 Å². The third-order valence-electron chi connectivity index (χ3n) is 5.38. The summed E-state index contributed by atoms with van der Waals surface area (Å²) >= 11 is 0.682. The molecule has 2 fully saturated rings. The summed E-state index contributed by atoms with van der Waals surface area (Å²) in [6.07, 6.45) is 1.39. The molecule has 2 saturated heterocycles. The number of aromatic amines is 1. The largest absolute Gasteiger partial charge is 0.336 e. The molecule has 2 aliphatic rings. The summed E-state index contributed by atoms with van der Waals surface area (Å²) < 4.78 is 26.9. The molecule has 0 bridgehead atoms. The van der Waals surface area contributed by atoms with Gasteiger partial charge < -0.3 is 14.8 Å². The van der Waals surface area contributed by atoms with Crippen molar-refractivity contribution in [2.45, 2.75) is 24.0 Å². The number of rotatable bonds is 4. The number of amides is 2. The molecule has 1 aromatic heterocycles. The van der Waals surface area contributed by atoms with Crippen LogP contribution in [0.4, 0.5) is 5.69 Å². The Balaban J connectivity index is 1.41. The maximum Gasteiger partial charge on any atom is 0.305 e. The Labute approximate surface area is 178 Å². The molecular weight excluding hydrogens is 428 g/mol. The Morgan fingerprint density at radius 1 is 1.03 bits per heavy atom. The van der Waals surface area contributed by atoms with Gasteiger partial charge in [0.2, 0.25) is 5.91 Å². The van der Waals surface area contributed by atoms with Crippen LogP contribution in [0.15, 0.2) is 33.3 Å². The van der Waals surface area contributed by atoms with Gasteiger partial charge in [0.25, 0.3) is 15.9 Å². The predicted molar refractivity (Wildman–Crippen MR) is 112 cm³/mol. The van der Waals surface area contributed by atoms with E-state index in [1.54, 1.807) is 41.0 Å². The van der Waals surface area contributed by atoms with Gasteiger partial charge in [0.05, 0.1) is 0 Å². The number of aryl methyl sites for hydroxylation is 1. The van der Waals surface area contributed by atoms with Crippen molar-refractivity contribution in [3.8, 4) is 0 Å². The zero-order valence-electron chi connectivity index (χ0n) is 16.5. The number of thiazole rings is 1. The Morgan fingerprint density at radius 2 is 1.70 bits per heavy atom. The average molecular weight is 451 g/mol. The lowest BCUT2D eigenvalue weighted by molar-refractivity contribution is -0.117. The summed E-state index contributed by atoms with van der Waals surface area (Å²) in [4.78, 5) is 41.6. The van der Waals surface area contributed by atoms with Gasteiger partial charge in [-0.25, -0.2) is 8.42 Å². The normalized spacial score (nSPS) is 18.2. The second-order valence-corrected chi connectivity index (χ2v) is 10.4. The van der Waals surface area contributed by atoms with E-state index in [4.69, 9.17) is 0 Å². The molecule has 2 aromatic rings. The lowest BCUT2D eigenvalue weighted by atomic mass is 10.1. The zero-order chi connectivity index (χ0) is 21.5. The molecular formula is C19H22N4O5S2. The van der Waals surface area contributed by atoms with Crippen molar-refractivity contribution < 1.29 is 18.0 Å². The van der Waals surface area contributed by atoms with Crippen LogP contribution in [0.5, 0.6) is 0 Å². The number of carbonyl (C=O) groups excluding carboxylic acids is 2. The number of piperazine rings is 1. The molecule has 2 aliphatic heterocycles. The van der Waals surface area contributed by atoms with Gasteiger partial charge >= 0.3 is 4.87 Å². The van der Waals surface area contributed by atoms with Crippen LogP contribution in [-0.4, -0.2) is 67.1 Å². The highest BCUT2D eigenvalue weighted by Crippen LogP contribution is 2.24. The van der Waals surface area contributed by atoms with Crippen LogP contribution in [0, 0.1) is 6.92 Å². The highest BCUT2D eigenvalue weighted by molar-refractivity contribution is 7.91. The van der Waals surface area contributed by atoms with Crippen molar-refractivity contribution in [1.82, 2.24) is 14.2 Å². The van der Waals surface area contributed by atoms with Crippen molar-refractivity contribution in [3.63, 3.8) is 0 Å². The fourth-order valence-electron chi connectivity index (χ4n) is 3.77. The Morgan fingerprint density at radius 3 is 2.23 bits per heavy atom. The number of anilines is 1. The van der Waals surface area contributed by atoms with Crippen LogP contribution in [-0.2, 0) is 14.8 Å². The fourth-order valence-corrected chi connectivity index (χ4v) is 6.63. The molecule has 160 valence electrons. The first kappa shape index (κ1) is 20.8. The van der Waals surface area contributed by atoms with Crippen molar-refractivity contribution in [2.24, 2.45) is 0 Å². The number of nitrogens with one attached hydrogen (secondary N) is 1. The second-order valence-electron chi connectivity index (χ2n) is 7.32. The molecule has 2 amide bonds. The third kappa shape index (κ3) is 3.80. The summed E-state index contributed by atoms with van der Waals surface area (Å²) in [7, 11) is -3.76. The van der Waals surface area contributed by atoms with Gasteiger partial charge in [0.1, 0.15) is 0 Å². The minimum atomic E-state index is -3.76. The first-order chi connectivity index (χ1) is 14.3. The molecule has 0 unspecified atom stereocenters. The number of aromatic nitrogens is 1. The average Bonchev–Trinajstić information content (AvgIpc) is 3.32. The van der Waals surface area contributed by atoms with Crippen LogP contribution in [0.3, 0.4) is 0 Å². The van der Waals surface area contributed by atoms with E-state index < -0.39 is 14.9 Å². The summed E-state index contributed by atoms with van der Waals surface area (Å²) in [5, 5.41) is 0. The number of carbonyl (C=O) groups is 2. The number of sulfonamides is 1. The second kappa shape index (κ2) is 7.97. The smallest absolute Gasteiger partial charge is 0.305 e. The molecule has 0 aliphatic carbocycles. The van der Waals surface area contributed by atoms with Gasteiger partial charge in [-0.3, -0.25) is 14.4 Å². The minimum absolute atomic E-state index is 0.0272. The first-order valence-electron chi connectivity index (χ1n) is 9.67. The summed E-state index contributed by atoms with van der Waals surface area (Å²) in [5.74, 6) is -0.0806. The van der Waals surface area contributed by atoms with E-state index in [0.29, 0.717) is 35.6 Å². The molecule has 11 heteroatoms. The summed E-state index contributed by atoms with van der Waals surface area (Å²) in [6, 6.07) is 6.95. The molecule has 0 spiro atoms. The maximum absolute atomic E-state index is 12.8. The number of H-pyrrole nitrogens is 1. The van der Waals surface area contributed by atoms with Crippen molar-refractivity contribution in [2.75, 3.05) is 37.6 Å². The molecule has 9 nitrogen and oxygen atoms in total. The van der Waals surface area contributed by atoms with Crippen molar-refractivity contribution in [1.29, 1.82) is 0 Å². The van der Waals surface area contributed by atoms with Crippen LogP contribution in [0.2, 0.25) is 0 Å². The molecule has 1 aromatic carbocycles. The van der Waals surface area contributed by atoms with Crippen molar-refractivity contribution in [3.05, 3.63) is 45.2 Å². The predicted octanol–water partition coefficient (Wildman–Crippen LogP) is 1.02. The zero-order valence-corrected chi connectivity index (χ0v) is 18.1. The summed E-state index contributed by atoms with van der Waals surface area (Å²) in [5.41, 5.74) is 1.62. The number of hydrogen-bond donors (Lipinski definition) is 1. The number of hydrogen-bond acceptors (Lipinski definition) is 6. The van der Waals surface area contributed by atoms with Gasteiger partial charge in [-0.05, 0) is 37.6 Å². The Bertz CT molecular complexity index is 1130. The van der Waals surface area contributed by atoms with E-state index in [1.807, 2.05) is 0 Å². The lowest BCUT2D eigenvalue weighted by Crippen LogP contribution is -2.50. The standard InChI is InChI=1S/C19H22N4O5S2/c1-13-18(29-19(26)20-13)30(27,28)22-11-9-21(10-12-22)17(25)14-4-6-15(7-5-14)23-8-2-3-16(23)24/h4-7H,2-3,8-12H2,1H3,(H,20,26). The molecule has 0 saturated carbocycles. The van der Waals surface area contributed by atoms with Gasteiger partial charge in [0, 0.05) is 56.1 Å². The van der Waals surface area contributed by atoms with E-state index in [2.05, 4.69) is 4.98 Å². The monoisotopic (exact) mass is 450 g/mol. The van der Waals surface area contributed by atoms with E-state index in [1.165, 1.54) is 4.31 Å². The molecule has 3 heterocycles. The topological polar surface area (TPSA) is 111 Å². The minimum Gasteiger partial charge on any atom is -0.336 e. The number of nitrogens with zero attached hydrogens (tertiary/aromatic N) is 3. The Hall–Kier alpha value is -2.50. The van der Waals surface area contributed by atoms with E-state index in [-0.39, 0.29) is 42.2 Å². The van der Waals surface area contributed by atoms with Gasteiger partial charge in [-0.2, -0.15) is 4.31 Å². The maximum atomic E-state index is 12.8. The summed E-state index contributed by atoms with van der Waals surface area (Å²) in [6.45, 7) is 3.12. The van der Waals surface area contributed by atoms with Crippen LogP contribution >= 0.6 is 11.3 Å². The quantitative estimate of drug-likeness (QED) is 0.748. The van der Waals surface area contributed by atoms with Gasteiger partial charge in [-0.1, -0.05) is 11.3 Å². The van der Waals surface area contributed by atoms with E-state index in [0.717, 1.165) is 12.1 Å². The third-order valence-corrected chi connectivity index (χ3v) is 8.86. The van der Waals surface area contributed by atoms with Crippen LogP contribution in [0.25, 0.3) is 0 Å². The van der Waals surface area contributed by atoms with E-state index >= 15 is 0 Å². The highest BCUT2D eigenvalue weighted by Gasteiger charge is 2.33. The lowest BCUT2D eigenvalue weighted by Gasteiger charge is -2.33. The highest BCUT2D eigenvalue weighted by atomic mass is 32.2. The Kier molecular flexibility index (Phi) is 5.51. The molecule has 4 rings (SSSR count). The van der Waals surface area contributed by atoms with Crippen molar-refractivity contribution >= 4 is 38.9 Å². The fraction of sp³-hybridized carbons (Fsp3) is 0.421. The van der Waals surface area contributed by atoms with Gasteiger partial charge in [-0.15, -0.1) is 0 Å². The first-order valence-corrected chi connectivity index (χ1v) is 11.9. The van der Waals surface area contributed by atoms with Crippen LogP contribution < -0.4 is 9.77 Å². The number of benzene rings is 1. The SMILES string of the molecule is Cc1[nH]c(=O)sc1S(=O)(=O)N1CCN(C(=O)c2ccc(N3CCCC3=O)cc2)CC1. The molecule has 1 N–H and O–H groups in total.